The van der Waals surface area contributed by atoms with Crippen molar-refractivity contribution in [3.8, 4) is 0 Å². The third-order valence-electron chi connectivity index (χ3n) is 7.19. The minimum Gasteiger partial charge on any atom is -0.368 e. The van der Waals surface area contributed by atoms with Gasteiger partial charge in [-0.05, 0) is 73.4 Å². The Morgan fingerprint density at radius 2 is 1.70 bits per heavy atom. The Hall–Kier alpha value is -4.13. The molecule has 0 atom stereocenters. The highest BCUT2D eigenvalue weighted by molar-refractivity contribution is 5.97. The second-order valence-electron chi connectivity index (χ2n) is 9.79. The molecule has 1 aromatic heterocycles. The van der Waals surface area contributed by atoms with Gasteiger partial charge in [0.25, 0.3) is 5.91 Å². The smallest absolute Gasteiger partial charge is 0.254 e. The predicted molar refractivity (Wildman–Crippen MR) is 148 cm³/mol. The topological polar surface area (TPSA) is 81.3 Å². The van der Waals surface area contributed by atoms with Crippen LogP contribution in [-0.2, 0) is 17.6 Å². The van der Waals surface area contributed by atoms with Gasteiger partial charge in [0.05, 0.1) is 11.0 Å². The highest BCUT2D eigenvalue weighted by Crippen LogP contribution is 2.25. The first-order chi connectivity index (χ1) is 17.9. The van der Waals surface area contributed by atoms with E-state index in [0.29, 0.717) is 18.7 Å². The van der Waals surface area contributed by atoms with Crippen LogP contribution in [-0.4, -0.2) is 52.9 Å². The van der Waals surface area contributed by atoms with Gasteiger partial charge in [-0.1, -0.05) is 24.3 Å². The standard InChI is InChI=1S/C30H33N5O2/c1-20-5-4-6-28(21(20)2)34-15-17-35(18-16-34)30(37)24-10-13-26-27(19-24)33-29(32-26)14-9-23-7-11-25(12-8-23)31-22(3)36/h4-8,10-13,19H,9,14-18H2,1-3H3,(H,31,36)(H,32,33). The molecule has 37 heavy (non-hydrogen) atoms. The van der Waals surface area contributed by atoms with E-state index in [1.54, 1.807) is 0 Å². The van der Waals surface area contributed by atoms with E-state index in [1.807, 2.05) is 47.4 Å². The average molecular weight is 496 g/mol. The molecule has 1 fully saturated rings. The van der Waals surface area contributed by atoms with Crippen molar-refractivity contribution >= 4 is 34.2 Å². The highest BCUT2D eigenvalue weighted by Gasteiger charge is 2.23. The zero-order valence-electron chi connectivity index (χ0n) is 21.7. The van der Waals surface area contributed by atoms with Gasteiger partial charge in [-0.2, -0.15) is 0 Å². The maximum Gasteiger partial charge on any atom is 0.254 e. The lowest BCUT2D eigenvalue weighted by Crippen LogP contribution is -2.49. The molecule has 0 radical (unpaired) electrons. The van der Waals surface area contributed by atoms with Gasteiger partial charge in [-0.15, -0.1) is 0 Å². The van der Waals surface area contributed by atoms with Crippen molar-refractivity contribution in [3.05, 3.63) is 88.7 Å². The largest absolute Gasteiger partial charge is 0.368 e. The summed E-state index contributed by atoms with van der Waals surface area (Å²) in [5.41, 5.74) is 8.28. The van der Waals surface area contributed by atoms with Crippen LogP contribution in [0.5, 0.6) is 0 Å². The summed E-state index contributed by atoms with van der Waals surface area (Å²) < 4.78 is 0. The Morgan fingerprint density at radius 3 is 2.43 bits per heavy atom. The zero-order valence-corrected chi connectivity index (χ0v) is 21.7. The van der Waals surface area contributed by atoms with Gasteiger partial charge in [0.15, 0.2) is 0 Å². The molecule has 0 unspecified atom stereocenters. The second-order valence-corrected chi connectivity index (χ2v) is 9.79. The first-order valence-electron chi connectivity index (χ1n) is 12.8. The summed E-state index contributed by atoms with van der Waals surface area (Å²) in [5, 5.41) is 2.78. The maximum absolute atomic E-state index is 13.3. The third kappa shape index (κ3) is 5.50. The van der Waals surface area contributed by atoms with Gasteiger partial charge in [-0.3, -0.25) is 9.59 Å². The number of benzene rings is 3. The number of anilines is 2. The van der Waals surface area contributed by atoms with Crippen LogP contribution >= 0.6 is 0 Å². The average Bonchev–Trinajstić information content (AvgIpc) is 3.31. The number of hydrogen-bond acceptors (Lipinski definition) is 4. The summed E-state index contributed by atoms with van der Waals surface area (Å²) in [5.74, 6) is 0.887. The number of aromatic amines is 1. The van der Waals surface area contributed by atoms with Crippen LogP contribution in [0.3, 0.4) is 0 Å². The Morgan fingerprint density at radius 1 is 0.946 bits per heavy atom. The van der Waals surface area contributed by atoms with Crippen molar-refractivity contribution in [2.45, 2.75) is 33.6 Å². The molecular weight excluding hydrogens is 462 g/mol. The quantitative estimate of drug-likeness (QED) is 0.399. The fourth-order valence-corrected chi connectivity index (χ4v) is 4.95. The van der Waals surface area contributed by atoms with Crippen molar-refractivity contribution in [3.63, 3.8) is 0 Å². The summed E-state index contributed by atoms with van der Waals surface area (Å²) in [6, 6.07) is 20.0. The predicted octanol–water partition coefficient (Wildman–Crippen LogP) is 4.89. The van der Waals surface area contributed by atoms with Crippen molar-refractivity contribution < 1.29 is 9.59 Å². The maximum atomic E-state index is 13.3. The van der Waals surface area contributed by atoms with E-state index in [1.165, 1.54) is 29.3 Å². The monoisotopic (exact) mass is 495 g/mol. The molecule has 0 spiro atoms. The number of aromatic nitrogens is 2. The second kappa shape index (κ2) is 10.5. The van der Waals surface area contributed by atoms with E-state index in [4.69, 9.17) is 4.98 Å². The van der Waals surface area contributed by atoms with Crippen molar-refractivity contribution in [1.29, 1.82) is 0 Å². The van der Waals surface area contributed by atoms with Gasteiger partial charge < -0.3 is 20.1 Å². The van der Waals surface area contributed by atoms with E-state index in [0.717, 1.165) is 48.5 Å². The van der Waals surface area contributed by atoms with Gasteiger partial charge >= 0.3 is 0 Å². The zero-order chi connectivity index (χ0) is 25.9. The van der Waals surface area contributed by atoms with E-state index >= 15 is 0 Å². The lowest BCUT2D eigenvalue weighted by molar-refractivity contribution is -0.114. The number of H-pyrrole nitrogens is 1. The van der Waals surface area contributed by atoms with Crippen molar-refractivity contribution in [2.24, 2.45) is 0 Å². The number of carbonyl (C=O) groups excluding carboxylic acids is 2. The molecule has 1 aliphatic rings. The van der Waals surface area contributed by atoms with Crippen molar-refractivity contribution in [1.82, 2.24) is 14.9 Å². The van der Waals surface area contributed by atoms with Crippen LogP contribution in [0.15, 0.2) is 60.7 Å². The molecular formula is C30H33N5O2. The number of rotatable bonds is 6. The molecule has 0 bridgehead atoms. The number of nitrogens with zero attached hydrogens (tertiary/aromatic N) is 3. The molecule has 190 valence electrons. The molecule has 1 saturated heterocycles. The Balaban J connectivity index is 1.20. The first-order valence-corrected chi connectivity index (χ1v) is 12.8. The Bertz CT molecular complexity index is 1430. The summed E-state index contributed by atoms with van der Waals surface area (Å²) in [6.45, 7) is 8.89. The van der Waals surface area contributed by atoms with E-state index in [-0.39, 0.29) is 11.8 Å². The molecule has 2 N–H and O–H groups in total. The normalized spacial score (nSPS) is 13.7. The molecule has 2 heterocycles. The van der Waals surface area contributed by atoms with Gasteiger partial charge in [-0.25, -0.2) is 4.98 Å². The number of aryl methyl sites for hydroxylation is 3. The number of amides is 2. The fraction of sp³-hybridized carbons (Fsp3) is 0.300. The number of hydrogen-bond donors (Lipinski definition) is 2. The fourth-order valence-electron chi connectivity index (χ4n) is 4.95. The molecule has 2 amide bonds. The van der Waals surface area contributed by atoms with Crippen LogP contribution in [0.4, 0.5) is 11.4 Å². The molecule has 5 rings (SSSR count). The van der Waals surface area contributed by atoms with Crippen LogP contribution in [0, 0.1) is 13.8 Å². The van der Waals surface area contributed by atoms with Gasteiger partial charge in [0.2, 0.25) is 5.91 Å². The SMILES string of the molecule is CC(=O)Nc1ccc(CCc2nc3ccc(C(=O)N4CCN(c5cccc(C)c5C)CC4)cc3[nH]2)cc1. The van der Waals surface area contributed by atoms with Crippen LogP contribution < -0.4 is 10.2 Å². The lowest BCUT2D eigenvalue weighted by atomic mass is 10.1. The van der Waals surface area contributed by atoms with Gasteiger partial charge in [0, 0.05) is 56.5 Å². The number of carbonyl (C=O) groups is 2. The van der Waals surface area contributed by atoms with E-state index < -0.39 is 0 Å². The summed E-state index contributed by atoms with van der Waals surface area (Å²) >= 11 is 0. The molecule has 0 aliphatic carbocycles. The Labute approximate surface area is 217 Å². The molecule has 7 nitrogen and oxygen atoms in total. The summed E-state index contributed by atoms with van der Waals surface area (Å²) in [4.78, 5) is 36.9. The molecule has 4 aromatic rings. The summed E-state index contributed by atoms with van der Waals surface area (Å²) in [7, 11) is 0. The first kappa shape index (κ1) is 24.6. The number of piperazine rings is 1. The minimum atomic E-state index is -0.0764. The molecule has 0 saturated carbocycles. The van der Waals surface area contributed by atoms with Crippen LogP contribution in [0.2, 0.25) is 0 Å². The minimum absolute atomic E-state index is 0.0675. The molecule has 7 heteroatoms. The lowest BCUT2D eigenvalue weighted by Gasteiger charge is -2.37. The number of fused-ring (bicyclic) bond motifs is 1. The van der Waals surface area contributed by atoms with E-state index in [9.17, 15) is 9.59 Å². The number of imidazole rings is 1. The highest BCUT2D eigenvalue weighted by atomic mass is 16.2. The Kier molecular flexibility index (Phi) is 6.95. The van der Waals surface area contributed by atoms with Crippen LogP contribution in [0.25, 0.3) is 11.0 Å². The molecule has 3 aromatic carbocycles. The summed E-state index contributed by atoms with van der Waals surface area (Å²) in [6.07, 6.45) is 1.59. The van der Waals surface area contributed by atoms with E-state index in [2.05, 4.69) is 47.2 Å². The molecule has 1 aliphatic heterocycles. The number of nitrogens with one attached hydrogen (secondary N) is 2. The third-order valence-corrected chi connectivity index (χ3v) is 7.19. The van der Waals surface area contributed by atoms with Crippen molar-refractivity contribution in [2.75, 3.05) is 36.4 Å². The van der Waals surface area contributed by atoms with Gasteiger partial charge in [0.1, 0.15) is 5.82 Å². The van der Waals surface area contributed by atoms with Crippen LogP contribution in [0.1, 0.15) is 39.8 Å².